The number of carbonyl (C=O) groups is 6. The Bertz CT molecular complexity index is 1500. The molecule has 14 heteroatoms. The molecule has 328 valence electrons. The van der Waals surface area contributed by atoms with Crippen molar-refractivity contribution in [2.75, 3.05) is 27.2 Å². The molecule has 0 aliphatic carbocycles. The molecule has 1 rings (SSSR count). The lowest BCUT2D eigenvalue weighted by Gasteiger charge is -2.33. The van der Waals surface area contributed by atoms with Crippen molar-refractivity contribution < 1.29 is 38.6 Å². The molecule has 0 saturated heterocycles. The Hall–Kier alpha value is -4.30. The van der Waals surface area contributed by atoms with E-state index in [0.717, 1.165) is 29.8 Å². The summed E-state index contributed by atoms with van der Waals surface area (Å²) in [5, 5.41) is 18.4. The SMILES string of the molecule is CCC(C)[C@H](NC(=O)CN(C)C(=O)C(Cc1ccccc1)N(C)C(=O)[C@@H](C)NC(=O)[C@@H](CC(C)C)OC(=O)/C(C)=C/CC[C@H](C)[C@H](NCC(C)N)C(C)CC)C(=O)O. The summed E-state index contributed by atoms with van der Waals surface area (Å²) in [7, 11) is 2.86. The number of allylic oxidation sites excluding steroid dienone is 1. The first-order valence-corrected chi connectivity index (χ1v) is 20.9. The summed E-state index contributed by atoms with van der Waals surface area (Å²) in [5.74, 6) is -3.76. The molecule has 0 aliphatic rings. The van der Waals surface area contributed by atoms with Crippen LogP contribution in [0.4, 0.5) is 0 Å². The number of nitrogens with one attached hydrogen (secondary N) is 3. The van der Waals surface area contributed by atoms with E-state index in [1.165, 1.54) is 25.9 Å². The minimum Gasteiger partial charge on any atom is -0.480 e. The van der Waals surface area contributed by atoms with Crippen LogP contribution in [0.2, 0.25) is 0 Å². The predicted octanol–water partition coefficient (Wildman–Crippen LogP) is 4.31. The van der Waals surface area contributed by atoms with Gasteiger partial charge in [-0.15, -0.1) is 0 Å². The Morgan fingerprint density at radius 2 is 1.47 bits per heavy atom. The zero-order chi connectivity index (χ0) is 44.3. The van der Waals surface area contributed by atoms with Crippen LogP contribution in [0.25, 0.3) is 0 Å². The summed E-state index contributed by atoms with van der Waals surface area (Å²) >= 11 is 0. The molecule has 4 unspecified atom stereocenters. The molecule has 0 aliphatic heterocycles. The van der Waals surface area contributed by atoms with Gasteiger partial charge in [0.1, 0.15) is 18.1 Å². The number of nitrogens with zero attached hydrogens (tertiary/aromatic N) is 2. The van der Waals surface area contributed by atoms with Crippen molar-refractivity contribution in [3.63, 3.8) is 0 Å². The number of esters is 1. The number of likely N-dealkylation sites (N-methyl/N-ethyl adjacent to an activating group) is 2. The van der Waals surface area contributed by atoms with Crippen LogP contribution in [0.5, 0.6) is 0 Å². The first-order valence-electron chi connectivity index (χ1n) is 20.9. The number of aliphatic carboxylic acids is 1. The molecule has 0 heterocycles. The van der Waals surface area contributed by atoms with Gasteiger partial charge in [0.2, 0.25) is 17.7 Å². The fourth-order valence-electron chi connectivity index (χ4n) is 6.73. The van der Waals surface area contributed by atoms with Crippen LogP contribution < -0.4 is 21.7 Å². The minimum atomic E-state index is -1.17. The molecule has 0 saturated carbocycles. The van der Waals surface area contributed by atoms with Crippen molar-refractivity contribution in [1.29, 1.82) is 0 Å². The molecule has 6 N–H and O–H groups in total. The maximum atomic E-state index is 13.9. The number of amides is 4. The van der Waals surface area contributed by atoms with Gasteiger partial charge in [-0.2, -0.15) is 0 Å². The van der Waals surface area contributed by atoms with Crippen LogP contribution in [0.1, 0.15) is 107 Å². The first-order chi connectivity index (χ1) is 27.1. The Balaban J connectivity index is 3.12. The third kappa shape index (κ3) is 17.7. The van der Waals surface area contributed by atoms with E-state index in [9.17, 15) is 33.9 Å². The van der Waals surface area contributed by atoms with Crippen molar-refractivity contribution in [2.24, 2.45) is 29.4 Å². The molecular weight excluding hydrogens is 741 g/mol. The quantitative estimate of drug-likeness (QED) is 0.0664. The average molecular weight is 815 g/mol. The van der Waals surface area contributed by atoms with Gasteiger partial charge in [-0.25, -0.2) is 9.59 Å². The summed E-state index contributed by atoms with van der Waals surface area (Å²) < 4.78 is 5.74. The molecule has 0 radical (unpaired) electrons. The lowest BCUT2D eigenvalue weighted by atomic mass is 9.85. The van der Waals surface area contributed by atoms with Gasteiger partial charge in [0, 0.05) is 44.7 Å². The van der Waals surface area contributed by atoms with E-state index in [0.29, 0.717) is 30.3 Å². The minimum absolute atomic E-state index is 0.0137. The molecule has 4 amide bonds. The van der Waals surface area contributed by atoms with Crippen LogP contribution in [0.15, 0.2) is 42.0 Å². The van der Waals surface area contributed by atoms with Gasteiger partial charge in [-0.3, -0.25) is 19.2 Å². The molecule has 58 heavy (non-hydrogen) atoms. The molecule has 1 aromatic carbocycles. The molecule has 0 bridgehead atoms. The largest absolute Gasteiger partial charge is 0.480 e. The third-order valence-corrected chi connectivity index (χ3v) is 10.8. The molecule has 0 fully saturated rings. The van der Waals surface area contributed by atoms with Crippen molar-refractivity contribution in [1.82, 2.24) is 25.8 Å². The monoisotopic (exact) mass is 815 g/mol. The molecular formula is C44H74N6O8. The van der Waals surface area contributed by atoms with Gasteiger partial charge in [0.15, 0.2) is 6.10 Å². The van der Waals surface area contributed by atoms with Gasteiger partial charge in [-0.05, 0) is 69.3 Å². The van der Waals surface area contributed by atoms with Crippen LogP contribution in [-0.4, -0.2) is 114 Å². The third-order valence-electron chi connectivity index (χ3n) is 10.8. The van der Waals surface area contributed by atoms with E-state index < -0.39 is 66.3 Å². The van der Waals surface area contributed by atoms with Gasteiger partial charge in [-0.1, -0.05) is 97.7 Å². The highest BCUT2D eigenvalue weighted by atomic mass is 16.5. The number of carbonyl (C=O) groups excluding carboxylic acids is 5. The van der Waals surface area contributed by atoms with Crippen molar-refractivity contribution in [3.05, 3.63) is 47.5 Å². The number of rotatable bonds is 26. The van der Waals surface area contributed by atoms with Crippen LogP contribution in [0.3, 0.4) is 0 Å². The average Bonchev–Trinajstić information content (AvgIpc) is 3.17. The highest BCUT2D eigenvalue weighted by Crippen LogP contribution is 2.22. The van der Waals surface area contributed by atoms with E-state index in [4.69, 9.17) is 10.5 Å². The highest BCUT2D eigenvalue weighted by Gasteiger charge is 2.35. The van der Waals surface area contributed by atoms with E-state index >= 15 is 0 Å². The number of hydrogen-bond acceptors (Lipinski definition) is 9. The molecule has 14 nitrogen and oxygen atoms in total. The topological polar surface area (TPSA) is 200 Å². The second kappa shape index (κ2) is 25.9. The van der Waals surface area contributed by atoms with E-state index in [2.05, 4.69) is 36.7 Å². The highest BCUT2D eigenvalue weighted by molar-refractivity contribution is 5.95. The number of ether oxygens (including phenoxy) is 1. The summed E-state index contributed by atoms with van der Waals surface area (Å²) in [6, 6.07) is 6.09. The van der Waals surface area contributed by atoms with E-state index in [-0.39, 0.29) is 36.8 Å². The van der Waals surface area contributed by atoms with Gasteiger partial charge < -0.3 is 41.3 Å². The zero-order valence-corrected chi connectivity index (χ0v) is 37.2. The fourth-order valence-corrected chi connectivity index (χ4v) is 6.73. The maximum Gasteiger partial charge on any atom is 0.334 e. The smallest absolute Gasteiger partial charge is 0.334 e. The van der Waals surface area contributed by atoms with Crippen molar-refractivity contribution >= 4 is 35.6 Å². The Labute approximate surface area is 347 Å². The van der Waals surface area contributed by atoms with Gasteiger partial charge in [0.05, 0.1) is 6.54 Å². The Kier molecular flexibility index (Phi) is 23.1. The van der Waals surface area contributed by atoms with Crippen molar-refractivity contribution in [2.45, 2.75) is 144 Å². The van der Waals surface area contributed by atoms with Crippen molar-refractivity contribution in [3.8, 4) is 0 Å². The first kappa shape index (κ1) is 51.7. The summed E-state index contributed by atoms with van der Waals surface area (Å²) in [5.41, 5.74) is 7.14. The normalized spacial score (nSPS) is 16.4. The number of carboxylic acids is 1. The number of nitrogens with two attached hydrogens (primary N) is 1. The Morgan fingerprint density at radius 1 is 0.862 bits per heavy atom. The molecule has 9 atom stereocenters. The standard InChI is InChI=1S/C44H74N6O8/c1-13-28(5)38(46-25-32(9)45)30(7)19-18-20-31(8)44(57)58-36(23-27(3)4)40(52)47-33(10)41(53)50(12)35(24-34-21-16-15-17-22-34)42(54)49(11)26-37(51)48-39(43(55)56)29(6)14-2/h15-17,20-22,27-30,32-33,35-36,38-39,46H,13-14,18-19,23-26,45H2,1-12H3,(H,47,52)(H,48,51)(H,55,56)/b31-20+/t28?,29?,30-,32?,33+,35?,36+,38+,39-/m0/s1. The fraction of sp³-hybridized carbons (Fsp3) is 0.682. The second-order valence-corrected chi connectivity index (χ2v) is 16.6. The van der Waals surface area contributed by atoms with E-state index in [1.54, 1.807) is 26.0 Å². The maximum absolute atomic E-state index is 13.9. The lowest BCUT2D eigenvalue weighted by Crippen LogP contribution is -2.56. The molecule has 0 aromatic heterocycles. The Morgan fingerprint density at radius 3 is 2.00 bits per heavy atom. The van der Waals surface area contributed by atoms with E-state index in [1.807, 2.05) is 52.0 Å². The van der Waals surface area contributed by atoms with Crippen LogP contribution in [-0.2, 0) is 39.9 Å². The van der Waals surface area contributed by atoms with Crippen LogP contribution >= 0.6 is 0 Å². The number of hydrogen-bond donors (Lipinski definition) is 5. The number of benzene rings is 1. The van der Waals surface area contributed by atoms with Gasteiger partial charge >= 0.3 is 11.9 Å². The summed E-state index contributed by atoms with van der Waals surface area (Å²) in [6.07, 6.45) is 4.06. The lowest BCUT2D eigenvalue weighted by molar-refractivity contribution is -0.154. The van der Waals surface area contributed by atoms with Crippen LogP contribution in [0, 0.1) is 23.7 Å². The zero-order valence-electron chi connectivity index (χ0n) is 37.2. The van der Waals surface area contributed by atoms with Gasteiger partial charge in [0.25, 0.3) is 5.91 Å². The second-order valence-electron chi connectivity index (χ2n) is 16.6. The summed E-state index contributed by atoms with van der Waals surface area (Å²) in [6.45, 7) is 19.3. The summed E-state index contributed by atoms with van der Waals surface area (Å²) in [4.78, 5) is 81.8. The predicted molar refractivity (Wildman–Crippen MR) is 227 cm³/mol. The molecule has 0 spiro atoms. The number of carboxylic acid groups (broad SMARTS) is 1. The molecule has 1 aromatic rings.